The third-order valence-electron chi connectivity index (χ3n) is 3.91. The standard InChI is InChI=1S/C17H26N2O/c1-17(2,3)15(13-9-5-4-6-10-13)19-16(20)14-11-7-8-12-18-14/h4-6,9-10,14-15,18H,7-8,11-12H2,1-3H3,(H,19,20)/t14-,15?/m1/s1. The first-order valence-corrected chi connectivity index (χ1v) is 7.57. The second-order valence-corrected chi connectivity index (χ2v) is 6.72. The third-order valence-corrected chi connectivity index (χ3v) is 3.91. The van der Waals surface area contributed by atoms with Gasteiger partial charge in [-0.15, -0.1) is 0 Å². The largest absolute Gasteiger partial charge is 0.347 e. The van der Waals surface area contributed by atoms with Crippen molar-refractivity contribution in [2.24, 2.45) is 5.41 Å². The lowest BCUT2D eigenvalue weighted by Gasteiger charge is -2.34. The molecule has 1 unspecified atom stereocenters. The van der Waals surface area contributed by atoms with Crippen molar-refractivity contribution in [1.82, 2.24) is 10.6 Å². The Kier molecular flexibility index (Phi) is 4.81. The van der Waals surface area contributed by atoms with E-state index >= 15 is 0 Å². The van der Waals surface area contributed by atoms with E-state index in [1.54, 1.807) is 0 Å². The SMILES string of the molecule is CC(C)(C)C(NC(=O)[C@H]1CCCCN1)c1ccccc1. The Balaban J connectivity index is 2.10. The predicted octanol–water partition coefficient (Wildman–Crippen LogP) is 3.03. The van der Waals surface area contributed by atoms with Crippen LogP contribution in [0.1, 0.15) is 51.6 Å². The summed E-state index contributed by atoms with van der Waals surface area (Å²) in [4.78, 5) is 12.5. The fourth-order valence-electron chi connectivity index (χ4n) is 2.76. The van der Waals surface area contributed by atoms with E-state index in [1.807, 2.05) is 18.2 Å². The topological polar surface area (TPSA) is 41.1 Å². The van der Waals surface area contributed by atoms with Crippen LogP contribution in [0.4, 0.5) is 0 Å². The van der Waals surface area contributed by atoms with E-state index in [-0.39, 0.29) is 23.4 Å². The van der Waals surface area contributed by atoms with Crippen LogP contribution < -0.4 is 10.6 Å². The van der Waals surface area contributed by atoms with Gasteiger partial charge in [0.15, 0.2) is 0 Å². The molecule has 3 heteroatoms. The maximum absolute atomic E-state index is 12.5. The number of hydrogen-bond acceptors (Lipinski definition) is 2. The van der Waals surface area contributed by atoms with Gasteiger partial charge in [0, 0.05) is 0 Å². The molecule has 1 saturated heterocycles. The Hall–Kier alpha value is -1.35. The first-order chi connectivity index (χ1) is 9.48. The van der Waals surface area contributed by atoms with Gasteiger partial charge in [-0.25, -0.2) is 0 Å². The van der Waals surface area contributed by atoms with Gasteiger partial charge in [-0.2, -0.15) is 0 Å². The van der Waals surface area contributed by atoms with Crippen LogP contribution in [0.15, 0.2) is 30.3 Å². The minimum atomic E-state index is -0.0303. The van der Waals surface area contributed by atoms with E-state index in [0.29, 0.717) is 0 Å². The van der Waals surface area contributed by atoms with Crippen LogP contribution in [0, 0.1) is 5.41 Å². The number of piperidine rings is 1. The van der Waals surface area contributed by atoms with E-state index in [9.17, 15) is 4.79 Å². The highest BCUT2D eigenvalue weighted by molar-refractivity contribution is 5.82. The molecule has 20 heavy (non-hydrogen) atoms. The van der Waals surface area contributed by atoms with Crippen LogP contribution in [0.25, 0.3) is 0 Å². The van der Waals surface area contributed by atoms with Crippen molar-refractivity contribution in [2.45, 2.75) is 52.1 Å². The van der Waals surface area contributed by atoms with E-state index in [2.05, 4.69) is 43.5 Å². The van der Waals surface area contributed by atoms with Crippen LogP contribution in [0.3, 0.4) is 0 Å². The molecular weight excluding hydrogens is 248 g/mol. The molecule has 2 rings (SSSR count). The summed E-state index contributed by atoms with van der Waals surface area (Å²) in [6.07, 6.45) is 3.25. The Morgan fingerprint density at radius 2 is 1.95 bits per heavy atom. The third kappa shape index (κ3) is 3.83. The number of carbonyl (C=O) groups excluding carboxylic acids is 1. The summed E-state index contributed by atoms with van der Waals surface area (Å²) in [6, 6.07) is 10.2. The fraction of sp³-hybridized carbons (Fsp3) is 0.588. The van der Waals surface area contributed by atoms with Gasteiger partial charge >= 0.3 is 0 Å². The summed E-state index contributed by atoms with van der Waals surface area (Å²) < 4.78 is 0. The first-order valence-electron chi connectivity index (χ1n) is 7.57. The summed E-state index contributed by atoms with van der Waals surface area (Å²) >= 11 is 0. The summed E-state index contributed by atoms with van der Waals surface area (Å²) in [6.45, 7) is 7.45. The molecule has 0 radical (unpaired) electrons. The van der Waals surface area contributed by atoms with E-state index in [1.165, 1.54) is 12.0 Å². The number of nitrogens with one attached hydrogen (secondary N) is 2. The normalized spacial score (nSPS) is 21.2. The lowest BCUT2D eigenvalue weighted by Crippen LogP contribution is -2.49. The quantitative estimate of drug-likeness (QED) is 0.889. The van der Waals surface area contributed by atoms with Crippen molar-refractivity contribution < 1.29 is 4.79 Å². The molecule has 1 aromatic carbocycles. The van der Waals surface area contributed by atoms with Crippen molar-refractivity contribution in [2.75, 3.05) is 6.54 Å². The van der Waals surface area contributed by atoms with Crippen molar-refractivity contribution in [3.8, 4) is 0 Å². The minimum absolute atomic E-state index is 0.00825. The highest BCUT2D eigenvalue weighted by Gasteiger charge is 2.30. The number of carbonyl (C=O) groups is 1. The molecule has 1 fully saturated rings. The van der Waals surface area contributed by atoms with Gasteiger partial charge in [0.25, 0.3) is 0 Å². The Morgan fingerprint density at radius 3 is 2.50 bits per heavy atom. The molecule has 1 aromatic rings. The average Bonchev–Trinajstić information content (AvgIpc) is 2.45. The minimum Gasteiger partial charge on any atom is -0.347 e. The van der Waals surface area contributed by atoms with Gasteiger partial charge in [0.05, 0.1) is 12.1 Å². The molecule has 0 aromatic heterocycles. The van der Waals surface area contributed by atoms with Crippen molar-refractivity contribution >= 4 is 5.91 Å². The molecule has 1 amide bonds. The number of hydrogen-bond donors (Lipinski definition) is 2. The summed E-state index contributed by atoms with van der Waals surface area (Å²) in [5, 5.41) is 6.56. The molecule has 2 atom stereocenters. The summed E-state index contributed by atoms with van der Waals surface area (Å²) in [5.41, 5.74) is 1.16. The zero-order valence-corrected chi connectivity index (χ0v) is 12.8. The van der Waals surface area contributed by atoms with Crippen LogP contribution in [0.2, 0.25) is 0 Å². The van der Waals surface area contributed by atoms with Gasteiger partial charge < -0.3 is 10.6 Å². The molecule has 0 aliphatic carbocycles. The lowest BCUT2D eigenvalue weighted by molar-refractivity contribution is -0.125. The Bertz CT molecular complexity index is 430. The van der Waals surface area contributed by atoms with Gasteiger partial charge in [0.1, 0.15) is 0 Å². The van der Waals surface area contributed by atoms with Crippen LogP contribution in [0.5, 0.6) is 0 Å². The number of benzene rings is 1. The van der Waals surface area contributed by atoms with E-state index < -0.39 is 0 Å². The Labute approximate surface area is 122 Å². The molecule has 2 N–H and O–H groups in total. The molecule has 110 valence electrons. The number of amides is 1. The maximum atomic E-state index is 12.5. The summed E-state index contributed by atoms with van der Waals surface area (Å²) in [5.74, 6) is 0.133. The van der Waals surface area contributed by atoms with Gasteiger partial charge in [-0.05, 0) is 30.4 Å². The van der Waals surface area contributed by atoms with Crippen molar-refractivity contribution in [3.63, 3.8) is 0 Å². The van der Waals surface area contributed by atoms with Gasteiger partial charge in [-0.1, -0.05) is 57.5 Å². The highest BCUT2D eigenvalue weighted by atomic mass is 16.2. The molecule has 1 aliphatic heterocycles. The predicted molar refractivity (Wildman–Crippen MR) is 82.4 cm³/mol. The zero-order valence-electron chi connectivity index (χ0n) is 12.8. The second kappa shape index (κ2) is 6.40. The van der Waals surface area contributed by atoms with Crippen molar-refractivity contribution in [1.29, 1.82) is 0 Å². The van der Waals surface area contributed by atoms with Crippen molar-refractivity contribution in [3.05, 3.63) is 35.9 Å². The summed E-state index contributed by atoms with van der Waals surface area (Å²) in [7, 11) is 0. The highest BCUT2D eigenvalue weighted by Crippen LogP contribution is 2.32. The lowest BCUT2D eigenvalue weighted by atomic mass is 9.82. The molecular formula is C17H26N2O. The molecule has 0 bridgehead atoms. The molecule has 3 nitrogen and oxygen atoms in total. The average molecular weight is 274 g/mol. The fourth-order valence-corrected chi connectivity index (χ4v) is 2.76. The second-order valence-electron chi connectivity index (χ2n) is 6.72. The van der Waals surface area contributed by atoms with E-state index in [4.69, 9.17) is 0 Å². The van der Waals surface area contributed by atoms with Gasteiger partial charge in [-0.3, -0.25) is 4.79 Å². The van der Waals surface area contributed by atoms with E-state index in [0.717, 1.165) is 19.4 Å². The molecule has 0 saturated carbocycles. The molecule has 1 aliphatic rings. The first kappa shape index (κ1) is 15.0. The van der Waals surface area contributed by atoms with Crippen LogP contribution in [-0.2, 0) is 4.79 Å². The van der Waals surface area contributed by atoms with Crippen LogP contribution in [-0.4, -0.2) is 18.5 Å². The maximum Gasteiger partial charge on any atom is 0.237 e. The Morgan fingerprint density at radius 1 is 1.25 bits per heavy atom. The smallest absolute Gasteiger partial charge is 0.237 e. The monoisotopic (exact) mass is 274 g/mol. The number of rotatable bonds is 3. The van der Waals surface area contributed by atoms with Crippen LogP contribution >= 0.6 is 0 Å². The molecule has 0 spiro atoms. The van der Waals surface area contributed by atoms with Gasteiger partial charge in [0.2, 0.25) is 5.91 Å². The molecule has 1 heterocycles. The zero-order chi connectivity index (χ0) is 14.6.